The van der Waals surface area contributed by atoms with Crippen LogP contribution in [0.25, 0.3) is 0 Å². The minimum absolute atomic E-state index is 0.227. The first kappa shape index (κ1) is 15.3. The number of rotatable bonds is 11. The van der Waals surface area contributed by atoms with E-state index >= 15 is 0 Å². The van der Waals surface area contributed by atoms with Crippen LogP contribution in [0.3, 0.4) is 0 Å². The number of ketones is 1. The lowest BCUT2D eigenvalue weighted by molar-refractivity contribution is -0.120. The van der Waals surface area contributed by atoms with Gasteiger partial charge in [0.25, 0.3) is 0 Å². The van der Waals surface area contributed by atoms with E-state index in [9.17, 15) is 9.59 Å². The maximum Gasteiger partial charge on any atom is 0.133 e. The zero-order valence-electron chi connectivity index (χ0n) is 10.8. The highest BCUT2D eigenvalue weighted by atomic mass is 16.1. The lowest BCUT2D eigenvalue weighted by atomic mass is 9.98. The second-order valence-electron chi connectivity index (χ2n) is 4.77. The molecule has 0 amide bonds. The van der Waals surface area contributed by atoms with Crippen molar-refractivity contribution in [2.24, 2.45) is 5.92 Å². The summed E-state index contributed by atoms with van der Waals surface area (Å²) in [5.74, 6) is 0.551. The molecule has 1 unspecified atom stereocenters. The SMILES string of the molecule is CCCCCCCCC(=O)CC(C)CC=O. The number of hydrogen-bond donors (Lipinski definition) is 0. The highest BCUT2D eigenvalue weighted by Gasteiger charge is 2.08. The van der Waals surface area contributed by atoms with Gasteiger partial charge in [-0.25, -0.2) is 0 Å². The molecule has 0 saturated carbocycles. The van der Waals surface area contributed by atoms with Gasteiger partial charge in [0.1, 0.15) is 12.1 Å². The molecule has 1 atom stereocenters. The molecule has 0 heterocycles. The van der Waals surface area contributed by atoms with Gasteiger partial charge in [0.2, 0.25) is 0 Å². The first-order valence-electron chi connectivity index (χ1n) is 6.66. The quantitative estimate of drug-likeness (QED) is 0.395. The largest absolute Gasteiger partial charge is 0.303 e. The molecule has 0 rings (SSSR count). The van der Waals surface area contributed by atoms with Crippen LogP contribution in [0.15, 0.2) is 0 Å². The van der Waals surface area contributed by atoms with Crippen LogP contribution < -0.4 is 0 Å². The summed E-state index contributed by atoms with van der Waals surface area (Å²) < 4.78 is 0. The van der Waals surface area contributed by atoms with Crippen molar-refractivity contribution in [2.45, 2.75) is 71.6 Å². The molecule has 0 fully saturated rings. The zero-order chi connectivity index (χ0) is 12.2. The lowest BCUT2D eigenvalue weighted by Crippen LogP contribution is -2.05. The summed E-state index contributed by atoms with van der Waals surface area (Å²) in [6, 6.07) is 0. The van der Waals surface area contributed by atoms with Crippen LogP contribution >= 0.6 is 0 Å². The van der Waals surface area contributed by atoms with Crippen molar-refractivity contribution >= 4 is 12.1 Å². The fraction of sp³-hybridized carbons (Fsp3) is 0.857. The van der Waals surface area contributed by atoms with Gasteiger partial charge in [-0.05, 0) is 12.3 Å². The maximum atomic E-state index is 11.5. The van der Waals surface area contributed by atoms with Crippen molar-refractivity contribution in [3.8, 4) is 0 Å². The molecule has 0 N–H and O–H groups in total. The van der Waals surface area contributed by atoms with Crippen molar-refractivity contribution in [1.29, 1.82) is 0 Å². The van der Waals surface area contributed by atoms with Crippen molar-refractivity contribution in [2.75, 3.05) is 0 Å². The van der Waals surface area contributed by atoms with Crippen molar-refractivity contribution in [3.05, 3.63) is 0 Å². The molecule has 94 valence electrons. The Morgan fingerprint density at radius 1 is 1.12 bits per heavy atom. The van der Waals surface area contributed by atoms with E-state index in [1.54, 1.807) is 0 Å². The zero-order valence-corrected chi connectivity index (χ0v) is 10.8. The molecule has 0 aliphatic heterocycles. The minimum Gasteiger partial charge on any atom is -0.303 e. The normalized spacial score (nSPS) is 12.4. The van der Waals surface area contributed by atoms with Crippen LogP contribution in [0.5, 0.6) is 0 Å². The van der Waals surface area contributed by atoms with Crippen LogP contribution in [-0.4, -0.2) is 12.1 Å². The van der Waals surface area contributed by atoms with E-state index in [2.05, 4.69) is 6.92 Å². The standard InChI is InChI=1S/C14H26O2/c1-3-4-5-6-7-8-9-14(16)12-13(2)10-11-15/h11,13H,3-10,12H2,1-2H3. The Morgan fingerprint density at radius 3 is 2.38 bits per heavy atom. The highest BCUT2D eigenvalue weighted by molar-refractivity contribution is 5.78. The van der Waals surface area contributed by atoms with Gasteiger partial charge in [-0.15, -0.1) is 0 Å². The Kier molecular flexibility index (Phi) is 10.4. The first-order chi connectivity index (χ1) is 7.70. The van der Waals surface area contributed by atoms with Crippen LogP contribution in [-0.2, 0) is 9.59 Å². The predicted molar refractivity (Wildman–Crippen MR) is 67.5 cm³/mol. The van der Waals surface area contributed by atoms with Gasteiger partial charge < -0.3 is 4.79 Å². The van der Waals surface area contributed by atoms with E-state index in [1.807, 2.05) is 6.92 Å². The van der Waals surface area contributed by atoms with Crippen molar-refractivity contribution in [3.63, 3.8) is 0 Å². The average molecular weight is 226 g/mol. The van der Waals surface area contributed by atoms with E-state index < -0.39 is 0 Å². The van der Waals surface area contributed by atoms with Gasteiger partial charge in [0, 0.05) is 19.3 Å². The van der Waals surface area contributed by atoms with Gasteiger partial charge in [-0.1, -0.05) is 46.0 Å². The summed E-state index contributed by atoms with van der Waals surface area (Å²) in [5.41, 5.74) is 0. The molecule has 0 aromatic heterocycles. The molecule has 0 saturated heterocycles. The fourth-order valence-electron chi connectivity index (χ4n) is 1.84. The van der Waals surface area contributed by atoms with Crippen LogP contribution in [0.2, 0.25) is 0 Å². The molecule has 0 radical (unpaired) electrons. The van der Waals surface area contributed by atoms with Gasteiger partial charge in [0.05, 0.1) is 0 Å². The summed E-state index contributed by atoms with van der Waals surface area (Å²) in [6.07, 6.45) is 10.0. The summed E-state index contributed by atoms with van der Waals surface area (Å²) in [7, 11) is 0. The Balaban J connectivity index is 3.33. The van der Waals surface area contributed by atoms with Gasteiger partial charge in [0.15, 0.2) is 0 Å². The number of Topliss-reactive ketones (excluding diaryl/α,β-unsaturated/α-hetero) is 1. The lowest BCUT2D eigenvalue weighted by Gasteiger charge is -2.06. The number of aldehydes is 1. The van der Waals surface area contributed by atoms with Crippen LogP contribution in [0.4, 0.5) is 0 Å². The molecule has 0 aromatic rings. The van der Waals surface area contributed by atoms with Gasteiger partial charge in [-0.3, -0.25) is 4.79 Å². The van der Waals surface area contributed by atoms with E-state index in [4.69, 9.17) is 0 Å². The summed E-state index contributed by atoms with van der Waals surface area (Å²) in [5, 5.41) is 0. The van der Waals surface area contributed by atoms with E-state index in [0.717, 1.165) is 12.7 Å². The molecular formula is C14H26O2. The molecule has 0 aliphatic rings. The fourth-order valence-corrected chi connectivity index (χ4v) is 1.84. The van der Waals surface area contributed by atoms with Crippen LogP contribution in [0, 0.1) is 5.92 Å². The Labute approximate surface area is 99.8 Å². The molecule has 16 heavy (non-hydrogen) atoms. The molecule has 0 spiro atoms. The Hall–Kier alpha value is -0.660. The maximum absolute atomic E-state index is 11.5. The summed E-state index contributed by atoms with van der Waals surface area (Å²) >= 11 is 0. The molecule has 2 nitrogen and oxygen atoms in total. The molecule has 0 aromatic carbocycles. The van der Waals surface area contributed by atoms with Crippen LogP contribution in [0.1, 0.15) is 71.6 Å². The summed E-state index contributed by atoms with van der Waals surface area (Å²) in [6.45, 7) is 4.17. The third-order valence-corrected chi connectivity index (χ3v) is 2.88. The topological polar surface area (TPSA) is 34.1 Å². The number of carbonyl (C=O) groups excluding carboxylic acids is 2. The average Bonchev–Trinajstić information content (AvgIpc) is 2.23. The van der Waals surface area contributed by atoms with Gasteiger partial charge >= 0.3 is 0 Å². The third-order valence-electron chi connectivity index (χ3n) is 2.88. The number of hydrogen-bond acceptors (Lipinski definition) is 2. The number of carbonyl (C=O) groups is 2. The van der Waals surface area contributed by atoms with E-state index in [1.165, 1.54) is 32.1 Å². The Morgan fingerprint density at radius 2 is 1.75 bits per heavy atom. The van der Waals surface area contributed by atoms with Crippen molar-refractivity contribution < 1.29 is 9.59 Å². The highest BCUT2D eigenvalue weighted by Crippen LogP contribution is 2.11. The second-order valence-corrected chi connectivity index (χ2v) is 4.77. The second kappa shape index (κ2) is 10.8. The van der Waals surface area contributed by atoms with Gasteiger partial charge in [-0.2, -0.15) is 0 Å². The molecule has 0 aliphatic carbocycles. The minimum atomic E-state index is 0.227. The monoisotopic (exact) mass is 226 g/mol. The molecule has 0 bridgehead atoms. The Bertz CT molecular complexity index is 187. The summed E-state index contributed by atoms with van der Waals surface area (Å²) in [4.78, 5) is 21.7. The number of unbranched alkanes of at least 4 members (excludes halogenated alkanes) is 5. The van der Waals surface area contributed by atoms with Crippen molar-refractivity contribution in [1.82, 2.24) is 0 Å². The molecular weight excluding hydrogens is 200 g/mol. The predicted octanol–water partition coefficient (Wildman–Crippen LogP) is 3.92. The smallest absolute Gasteiger partial charge is 0.133 e. The third kappa shape index (κ3) is 9.88. The molecule has 2 heteroatoms. The van der Waals surface area contributed by atoms with E-state index in [-0.39, 0.29) is 5.92 Å². The van der Waals surface area contributed by atoms with E-state index in [0.29, 0.717) is 25.0 Å². The first-order valence-corrected chi connectivity index (χ1v) is 6.66.